The maximum atomic E-state index is 12.1. The van der Waals surface area contributed by atoms with Crippen LogP contribution in [0.3, 0.4) is 0 Å². The number of carbonyl (C=O) groups excluding carboxylic acids is 1. The summed E-state index contributed by atoms with van der Waals surface area (Å²) in [4.78, 5) is 15.7. The lowest BCUT2D eigenvalue weighted by atomic mass is 9.92. The number of hydrogen-bond donors (Lipinski definition) is 2. The van der Waals surface area contributed by atoms with E-state index in [1.165, 1.54) is 0 Å². The van der Waals surface area contributed by atoms with Crippen molar-refractivity contribution in [3.8, 4) is 5.75 Å². The minimum absolute atomic E-state index is 0.156. The van der Waals surface area contributed by atoms with Gasteiger partial charge in [-0.25, -0.2) is 0 Å². The summed E-state index contributed by atoms with van der Waals surface area (Å²) in [5.74, 6) is -0.179. The van der Waals surface area contributed by atoms with Crippen molar-refractivity contribution < 1.29 is 9.53 Å². The molecule has 1 unspecified atom stereocenters. The zero-order valence-corrected chi connectivity index (χ0v) is 14.8. The van der Waals surface area contributed by atoms with Crippen molar-refractivity contribution in [2.75, 3.05) is 0 Å². The average Bonchev–Trinajstić information content (AvgIpc) is 2.55. The third-order valence-electron chi connectivity index (χ3n) is 3.68. The minimum atomic E-state index is -0.530. The molecule has 0 radical (unpaired) electrons. The van der Waals surface area contributed by atoms with Crippen molar-refractivity contribution in [1.29, 1.82) is 0 Å². The normalized spacial score (nSPS) is 15.6. The van der Waals surface area contributed by atoms with E-state index in [1.54, 1.807) is 36.4 Å². The maximum absolute atomic E-state index is 12.1. The van der Waals surface area contributed by atoms with Crippen LogP contribution in [0.25, 0.3) is 5.57 Å². The molecule has 0 saturated carbocycles. The lowest BCUT2D eigenvalue weighted by Gasteiger charge is -2.24. The Kier molecular flexibility index (Phi) is 4.70. The van der Waals surface area contributed by atoms with Gasteiger partial charge in [0.25, 0.3) is 5.91 Å². The van der Waals surface area contributed by atoms with Crippen molar-refractivity contribution in [2.45, 2.75) is 13.0 Å². The van der Waals surface area contributed by atoms with Crippen LogP contribution in [-0.4, -0.2) is 18.0 Å². The van der Waals surface area contributed by atoms with Gasteiger partial charge >= 0.3 is 0 Å². The maximum Gasteiger partial charge on any atom is 0.280 e. The molecule has 0 bridgehead atoms. The third kappa shape index (κ3) is 3.62. The molecule has 1 aliphatic heterocycles. The number of aliphatic imine (C=N–C) groups is 1. The number of halogens is 2. The second-order valence-electron chi connectivity index (χ2n) is 5.58. The zero-order valence-electron chi connectivity index (χ0n) is 13.3. The molecule has 4 N–H and O–H groups in total. The van der Waals surface area contributed by atoms with Crippen LogP contribution < -0.4 is 16.2 Å². The molecule has 2 aromatic carbocycles. The van der Waals surface area contributed by atoms with Crippen LogP contribution >= 0.6 is 23.2 Å². The molecule has 0 fully saturated rings. The molecule has 0 spiro atoms. The van der Waals surface area contributed by atoms with Crippen LogP contribution in [0.4, 0.5) is 0 Å². The fraction of sp³-hybridized carbons (Fsp3) is 0.111. The van der Waals surface area contributed by atoms with Gasteiger partial charge in [0.05, 0.1) is 0 Å². The van der Waals surface area contributed by atoms with Crippen LogP contribution in [0.1, 0.15) is 28.4 Å². The summed E-state index contributed by atoms with van der Waals surface area (Å²) in [6.07, 6.45) is 1.77. The van der Waals surface area contributed by atoms with E-state index < -0.39 is 5.91 Å². The van der Waals surface area contributed by atoms with Crippen molar-refractivity contribution in [3.63, 3.8) is 0 Å². The molecule has 2 aromatic rings. The van der Waals surface area contributed by atoms with Gasteiger partial charge in [-0.1, -0.05) is 23.2 Å². The van der Waals surface area contributed by atoms with Gasteiger partial charge in [0.15, 0.2) is 5.96 Å². The first kappa shape index (κ1) is 17.3. The molecular weight excluding hydrogens is 361 g/mol. The van der Waals surface area contributed by atoms with E-state index in [1.807, 2.05) is 13.0 Å². The zero-order chi connectivity index (χ0) is 18.1. The smallest absolute Gasteiger partial charge is 0.280 e. The number of hydrogen-bond acceptors (Lipinski definition) is 2. The highest BCUT2D eigenvalue weighted by Crippen LogP contribution is 2.40. The number of carbonyl (C=O) groups is 1. The molecule has 1 atom stereocenters. The summed E-state index contributed by atoms with van der Waals surface area (Å²) in [5, 5.41) is 1.12. The molecule has 0 saturated heterocycles. The van der Waals surface area contributed by atoms with E-state index in [9.17, 15) is 4.79 Å². The SMILES string of the molecule is CC1C=C(c2cc(Cl)ccc2Cl)c2cc(C(=O)N=C(N)N)ccc2O1. The fourth-order valence-electron chi connectivity index (χ4n) is 2.66. The lowest BCUT2D eigenvalue weighted by molar-refractivity contribution is 0.100. The second kappa shape index (κ2) is 6.78. The lowest BCUT2D eigenvalue weighted by Crippen LogP contribution is -2.24. The average molecular weight is 376 g/mol. The number of guanidine groups is 1. The van der Waals surface area contributed by atoms with Gasteiger partial charge in [-0.05, 0) is 55.0 Å². The van der Waals surface area contributed by atoms with Crippen LogP contribution in [0.5, 0.6) is 5.75 Å². The fourth-order valence-corrected chi connectivity index (χ4v) is 3.05. The third-order valence-corrected chi connectivity index (χ3v) is 4.24. The topological polar surface area (TPSA) is 90.7 Å². The molecule has 25 heavy (non-hydrogen) atoms. The standard InChI is InChI=1S/C18H15Cl2N3O2/c1-9-6-12(13-8-11(19)3-4-15(13)20)14-7-10(2-5-16(14)25-9)17(24)23-18(21)22/h2-9H,1H3,(H4,21,22,23,24). The molecule has 1 amide bonds. The molecule has 3 rings (SSSR count). The number of nitrogens with zero attached hydrogens (tertiary/aromatic N) is 1. The largest absolute Gasteiger partial charge is 0.486 e. The van der Waals surface area contributed by atoms with E-state index in [-0.39, 0.29) is 12.1 Å². The summed E-state index contributed by atoms with van der Waals surface area (Å²) in [6.45, 7) is 1.92. The molecule has 1 heterocycles. The highest BCUT2D eigenvalue weighted by Gasteiger charge is 2.22. The van der Waals surface area contributed by atoms with Gasteiger partial charge in [0.1, 0.15) is 11.9 Å². The Morgan fingerprint density at radius 3 is 2.60 bits per heavy atom. The quantitative estimate of drug-likeness (QED) is 0.619. The highest BCUT2D eigenvalue weighted by atomic mass is 35.5. The number of nitrogens with two attached hydrogens (primary N) is 2. The van der Waals surface area contributed by atoms with Gasteiger partial charge in [-0.3, -0.25) is 4.79 Å². The number of rotatable bonds is 2. The Hall–Kier alpha value is -2.50. The van der Waals surface area contributed by atoms with Gasteiger partial charge in [0, 0.05) is 26.7 Å². The predicted molar refractivity (Wildman–Crippen MR) is 100 cm³/mol. The Balaban J connectivity index is 2.15. The molecule has 1 aliphatic rings. The van der Waals surface area contributed by atoms with E-state index >= 15 is 0 Å². The van der Waals surface area contributed by atoms with Crippen molar-refractivity contribution in [2.24, 2.45) is 16.5 Å². The molecule has 128 valence electrons. The van der Waals surface area contributed by atoms with Crippen LogP contribution in [0, 0.1) is 0 Å². The molecule has 5 nitrogen and oxygen atoms in total. The van der Waals surface area contributed by atoms with E-state index in [0.29, 0.717) is 21.4 Å². The van der Waals surface area contributed by atoms with E-state index in [0.717, 1.165) is 16.7 Å². The predicted octanol–water partition coefficient (Wildman–Crippen LogP) is 3.62. The number of ether oxygens (including phenoxy) is 1. The van der Waals surface area contributed by atoms with Crippen LogP contribution in [0.2, 0.25) is 10.0 Å². The summed E-state index contributed by atoms with van der Waals surface area (Å²) in [6, 6.07) is 10.2. The first-order valence-electron chi connectivity index (χ1n) is 7.47. The van der Waals surface area contributed by atoms with Gasteiger partial charge < -0.3 is 16.2 Å². The van der Waals surface area contributed by atoms with E-state index in [2.05, 4.69) is 4.99 Å². The molecular formula is C18H15Cl2N3O2. The Morgan fingerprint density at radius 1 is 1.12 bits per heavy atom. The summed E-state index contributed by atoms with van der Waals surface area (Å²) < 4.78 is 5.82. The number of benzene rings is 2. The van der Waals surface area contributed by atoms with E-state index in [4.69, 9.17) is 39.4 Å². The van der Waals surface area contributed by atoms with Crippen LogP contribution in [0.15, 0.2) is 47.5 Å². The van der Waals surface area contributed by atoms with Gasteiger partial charge in [-0.15, -0.1) is 0 Å². The molecule has 0 aliphatic carbocycles. The molecule has 0 aromatic heterocycles. The van der Waals surface area contributed by atoms with Crippen molar-refractivity contribution in [3.05, 3.63) is 69.2 Å². The van der Waals surface area contributed by atoms with Gasteiger partial charge in [-0.2, -0.15) is 4.99 Å². The molecule has 7 heteroatoms. The first-order valence-corrected chi connectivity index (χ1v) is 8.23. The Morgan fingerprint density at radius 2 is 1.88 bits per heavy atom. The highest BCUT2D eigenvalue weighted by molar-refractivity contribution is 6.34. The Bertz CT molecular complexity index is 919. The minimum Gasteiger partial charge on any atom is -0.486 e. The van der Waals surface area contributed by atoms with Crippen molar-refractivity contribution in [1.82, 2.24) is 0 Å². The summed E-state index contributed by atoms with van der Waals surface area (Å²) in [7, 11) is 0. The van der Waals surface area contributed by atoms with Crippen molar-refractivity contribution >= 4 is 40.6 Å². The second-order valence-corrected chi connectivity index (χ2v) is 6.42. The number of fused-ring (bicyclic) bond motifs is 1. The monoisotopic (exact) mass is 375 g/mol. The van der Waals surface area contributed by atoms with Crippen LogP contribution in [-0.2, 0) is 0 Å². The van der Waals surface area contributed by atoms with Gasteiger partial charge in [0.2, 0.25) is 0 Å². The first-order chi connectivity index (χ1) is 11.8. The summed E-state index contributed by atoms with van der Waals surface area (Å²) >= 11 is 12.5. The Labute approximate surface area is 154 Å². The number of amides is 1. The summed E-state index contributed by atoms with van der Waals surface area (Å²) in [5.41, 5.74) is 13.2.